The van der Waals surface area contributed by atoms with Crippen LogP contribution in [0, 0.1) is 5.82 Å². The molecule has 1 aromatic rings. The van der Waals surface area contributed by atoms with E-state index < -0.39 is 0 Å². The lowest BCUT2D eigenvalue weighted by molar-refractivity contribution is -0.133. The zero-order valence-corrected chi connectivity index (χ0v) is 15.2. The summed E-state index contributed by atoms with van der Waals surface area (Å²) in [7, 11) is 0. The van der Waals surface area contributed by atoms with Gasteiger partial charge in [-0.1, -0.05) is 19.1 Å². The van der Waals surface area contributed by atoms with Crippen LogP contribution in [0.1, 0.15) is 24.8 Å². The molecule has 1 unspecified atom stereocenters. The van der Waals surface area contributed by atoms with Crippen molar-refractivity contribution in [3.63, 3.8) is 0 Å². The van der Waals surface area contributed by atoms with Crippen molar-refractivity contribution in [1.29, 1.82) is 0 Å². The largest absolute Gasteiger partial charge is 0.378 e. The predicted octanol–water partition coefficient (Wildman–Crippen LogP) is 1.92. The highest BCUT2D eigenvalue weighted by Gasteiger charge is 2.28. The van der Waals surface area contributed by atoms with Crippen LogP contribution in [-0.4, -0.2) is 79.1 Å². The molecule has 1 aromatic carbocycles. The molecule has 26 heavy (non-hydrogen) atoms. The van der Waals surface area contributed by atoms with Gasteiger partial charge in [-0.3, -0.25) is 4.79 Å². The van der Waals surface area contributed by atoms with Crippen LogP contribution >= 0.6 is 0 Å². The molecule has 6 nitrogen and oxygen atoms in total. The maximum Gasteiger partial charge on any atom is 0.320 e. The van der Waals surface area contributed by atoms with Crippen molar-refractivity contribution in [3.05, 3.63) is 35.6 Å². The van der Waals surface area contributed by atoms with Gasteiger partial charge in [0.15, 0.2) is 0 Å². The van der Waals surface area contributed by atoms with E-state index in [-0.39, 0.29) is 23.7 Å². The minimum atomic E-state index is -0.270. The quantitative estimate of drug-likeness (QED) is 0.824. The molecule has 3 rings (SSSR count). The molecule has 0 aliphatic carbocycles. The summed E-state index contributed by atoms with van der Waals surface area (Å²) in [6.45, 7) is 6.66. The molecule has 0 bridgehead atoms. The van der Waals surface area contributed by atoms with E-state index in [4.69, 9.17) is 4.74 Å². The number of hydrogen-bond donors (Lipinski definition) is 0. The molecule has 2 saturated heterocycles. The zero-order chi connectivity index (χ0) is 18.5. The van der Waals surface area contributed by atoms with Crippen LogP contribution in [0.25, 0.3) is 0 Å². The normalized spacial score (nSPS) is 19.4. The van der Waals surface area contributed by atoms with Crippen molar-refractivity contribution >= 4 is 11.9 Å². The van der Waals surface area contributed by atoms with E-state index in [2.05, 4.69) is 0 Å². The van der Waals surface area contributed by atoms with Crippen molar-refractivity contribution < 1.29 is 18.7 Å². The number of urea groups is 1. The molecule has 2 fully saturated rings. The Bertz CT molecular complexity index is 623. The van der Waals surface area contributed by atoms with Crippen LogP contribution in [0.2, 0.25) is 0 Å². The van der Waals surface area contributed by atoms with Gasteiger partial charge in [-0.25, -0.2) is 9.18 Å². The minimum Gasteiger partial charge on any atom is -0.378 e. The first-order chi connectivity index (χ1) is 12.5. The molecule has 1 atom stereocenters. The second kappa shape index (κ2) is 8.49. The highest BCUT2D eigenvalue weighted by Crippen LogP contribution is 2.21. The Kier molecular flexibility index (Phi) is 6.08. The molecule has 142 valence electrons. The summed E-state index contributed by atoms with van der Waals surface area (Å²) in [5, 5.41) is 0. The monoisotopic (exact) mass is 363 g/mol. The van der Waals surface area contributed by atoms with E-state index in [0.29, 0.717) is 58.9 Å². The molecule has 7 heteroatoms. The molecule has 3 amide bonds. The van der Waals surface area contributed by atoms with Crippen molar-refractivity contribution in [2.24, 2.45) is 0 Å². The van der Waals surface area contributed by atoms with Crippen LogP contribution in [0.5, 0.6) is 0 Å². The SMILES string of the molecule is CC(CC(=O)N1CCN(C(=O)N2CCOCC2)CC1)c1ccc(F)cc1. The Balaban J connectivity index is 1.47. The third-order valence-electron chi connectivity index (χ3n) is 5.10. The maximum atomic E-state index is 13.0. The van der Waals surface area contributed by atoms with Gasteiger partial charge in [-0.15, -0.1) is 0 Å². The fraction of sp³-hybridized carbons (Fsp3) is 0.579. The summed E-state index contributed by atoms with van der Waals surface area (Å²) in [6.07, 6.45) is 0.392. The van der Waals surface area contributed by atoms with E-state index >= 15 is 0 Å². The number of amides is 3. The van der Waals surface area contributed by atoms with Crippen LogP contribution in [0.15, 0.2) is 24.3 Å². The molecule has 0 N–H and O–H groups in total. The summed E-state index contributed by atoms with van der Waals surface area (Å²) >= 11 is 0. The summed E-state index contributed by atoms with van der Waals surface area (Å²) < 4.78 is 18.3. The Hall–Kier alpha value is -2.15. The number of carbonyl (C=O) groups excluding carboxylic acids is 2. The standard InChI is InChI=1S/C19H26FN3O3/c1-15(16-2-4-17(20)5-3-16)14-18(24)21-6-8-22(9-7-21)19(25)23-10-12-26-13-11-23/h2-5,15H,6-14H2,1H3. The summed E-state index contributed by atoms with van der Waals surface area (Å²) in [4.78, 5) is 30.5. The van der Waals surface area contributed by atoms with Gasteiger partial charge < -0.3 is 19.4 Å². The third-order valence-corrected chi connectivity index (χ3v) is 5.10. The maximum absolute atomic E-state index is 13.0. The topological polar surface area (TPSA) is 53.1 Å². The van der Waals surface area contributed by atoms with Gasteiger partial charge in [-0.05, 0) is 23.6 Å². The Labute approximate surface area is 153 Å². The number of nitrogens with zero attached hydrogens (tertiary/aromatic N) is 3. The van der Waals surface area contributed by atoms with E-state index in [1.54, 1.807) is 12.1 Å². The Morgan fingerprint density at radius 2 is 1.50 bits per heavy atom. The highest BCUT2D eigenvalue weighted by atomic mass is 19.1. The van der Waals surface area contributed by atoms with E-state index in [0.717, 1.165) is 5.56 Å². The van der Waals surface area contributed by atoms with Gasteiger partial charge in [0, 0.05) is 45.7 Å². The summed E-state index contributed by atoms with van der Waals surface area (Å²) in [6, 6.07) is 6.34. The molecular weight excluding hydrogens is 337 g/mol. The molecule has 0 radical (unpaired) electrons. The first-order valence-corrected chi connectivity index (χ1v) is 9.19. The van der Waals surface area contributed by atoms with Crippen molar-refractivity contribution in [2.45, 2.75) is 19.3 Å². The minimum absolute atomic E-state index is 0.0381. The Morgan fingerprint density at radius 1 is 0.962 bits per heavy atom. The number of benzene rings is 1. The van der Waals surface area contributed by atoms with Crippen molar-refractivity contribution in [3.8, 4) is 0 Å². The van der Waals surface area contributed by atoms with Gasteiger partial charge in [-0.2, -0.15) is 0 Å². The first-order valence-electron chi connectivity index (χ1n) is 9.19. The number of morpholine rings is 1. The van der Waals surface area contributed by atoms with Crippen molar-refractivity contribution in [2.75, 3.05) is 52.5 Å². The lowest BCUT2D eigenvalue weighted by atomic mass is 9.97. The third kappa shape index (κ3) is 4.52. The number of ether oxygens (including phenoxy) is 1. The van der Waals surface area contributed by atoms with Crippen molar-refractivity contribution in [1.82, 2.24) is 14.7 Å². The average molecular weight is 363 g/mol. The fourth-order valence-corrected chi connectivity index (χ4v) is 3.40. The summed E-state index contributed by atoms with van der Waals surface area (Å²) in [5.41, 5.74) is 0.959. The lowest BCUT2D eigenvalue weighted by Gasteiger charge is -2.38. The molecular formula is C19H26FN3O3. The highest BCUT2D eigenvalue weighted by molar-refractivity contribution is 5.78. The fourth-order valence-electron chi connectivity index (χ4n) is 3.40. The van der Waals surface area contributed by atoms with E-state index in [1.807, 2.05) is 21.6 Å². The van der Waals surface area contributed by atoms with Gasteiger partial charge in [0.2, 0.25) is 5.91 Å². The molecule has 2 aliphatic rings. The molecule has 0 spiro atoms. The van der Waals surface area contributed by atoms with Gasteiger partial charge in [0.25, 0.3) is 0 Å². The van der Waals surface area contributed by atoms with E-state index in [1.165, 1.54) is 12.1 Å². The number of halogens is 1. The lowest BCUT2D eigenvalue weighted by Crippen LogP contribution is -2.55. The van der Waals surface area contributed by atoms with Gasteiger partial charge in [0.05, 0.1) is 13.2 Å². The number of carbonyl (C=O) groups is 2. The molecule has 2 aliphatic heterocycles. The van der Waals surface area contributed by atoms with Crippen LogP contribution in [0.4, 0.5) is 9.18 Å². The predicted molar refractivity (Wildman–Crippen MR) is 95.4 cm³/mol. The first kappa shape index (κ1) is 18.6. The summed E-state index contributed by atoms with van der Waals surface area (Å²) in [5.74, 6) is -0.148. The molecule has 2 heterocycles. The van der Waals surface area contributed by atoms with Gasteiger partial charge >= 0.3 is 6.03 Å². The molecule has 0 aromatic heterocycles. The van der Waals surface area contributed by atoms with Crippen LogP contribution in [0.3, 0.4) is 0 Å². The number of rotatable bonds is 3. The van der Waals surface area contributed by atoms with Gasteiger partial charge in [0.1, 0.15) is 5.82 Å². The van der Waals surface area contributed by atoms with Crippen LogP contribution < -0.4 is 0 Å². The smallest absolute Gasteiger partial charge is 0.320 e. The Morgan fingerprint density at radius 3 is 2.12 bits per heavy atom. The van der Waals surface area contributed by atoms with E-state index in [9.17, 15) is 14.0 Å². The number of piperazine rings is 1. The second-order valence-electron chi connectivity index (χ2n) is 6.91. The second-order valence-corrected chi connectivity index (χ2v) is 6.91. The average Bonchev–Trinajstić information content (AvgIpc) is 2.68. The zero-order valence-electron chi connectivity index (χ0n) is 15.2. The molecule has 0 saturated carbocycles. The number of hydrogen-bond acceptors (Lipinski definition) is 3. The van der Waals surface area contributed by atoms with Crippen LogP contribution in [-0.2, 0) is 9.53 Å².